The highest BCUT2D eigenvalue weighted by atomic mass is 35.5. The Morgan fingerprint density at radius 3 is 2.92 bits per heavy atom. The number of hydrogen-bond acceptors (Lipinski definition) is 4. The first-order valence-electron chi connectivity index (χ1n) is 8.83. The highest BCUT2D eigenvalue weighted by Gasteiger charge is 2.22. The predicted molar refractivity (Wildman–Crippen MR) is 106 cm³/mol. The first kappa shape index (κ1) is 19.0. The van der Waals surface area contributed by atoms with Gasteiger partial charge in [0.05, 0.1) is 10.9 Å². The van der Waals surface area contributed by atoms with E-state index in [1.165, 1.54) is 11.8 Å². The van der Waals surface area contributed by atoms with Crippen molar-refractivity contribution in [2.75, 3.05) is 5.32 Å². The zero-order valence-electron chi connectivity index (χ0n) is 14.9. The molecule has 1 heterocycles. The van der Waals surface area contributed by atoms with E-state index in [1.807, 2.05) is 19.9 Å². The normalized spacial score (nSPS) is 14.6. The molecule has 7 heteroatoms. The van der Waals surface area contributed by atoms with Gasteiger partial charge in [-0.25, -0.2) is 4.98 Å². The van der Waals surface area contributed by atoms with Gasteiger partial charge in [0.2, 0.25) is 5.91 Å². The molecule has 3 rings (SSSR count). The highest BCUT2D eigenvalue weighted by molar-refractivity contribution is 8.00. The molecule has 1 aliphatic carbocycles. The molecule has 2 aromatic rings. The van der Waals surface area contributed by atoms with Gasteiger partial charge in [0.15, 0.2) is 5.16 Å². The van der Waals surface area contributed by atoms with Crippen molar-refractivity contribution < 1.29 is 4.79 Å². The Bertz CT molecular complexity index is 882. The summed E-state index contributed by atoms with van der Waals surface area (Å²) in [6.45, 7) is 3.86. The van der Waals surface area contributed by atoms with E-state index in [-0.39, 0.29) is 16.7 Å². The van der Waals surface area contributed by atoms with Gasteiger partial charge in [0, 0.05) is 16.3 Å². The Balaban J connectivity index is 1.77. The molecule has 0 bridgehead atoms. The van der Waals surface area contributed by atoms with Crippen molar-refractivity contribution in [1.82, 2.24) is 9.97 Å². The number of aromatic nitrogens is 2. The predicted octanol–water partition coefficient (Wildman–Crippen LogP) is 4.12. The molecule has 5 nitrogen and oxygen atoms in total. The summed E-state index contributed by atoms with van der Waals surface area (Å²) in [5.74, 6) is -0.122. The average Bonchev–Trinajstić information content (AvgIpc) is 2.62. The fourth-order valence-electron chi connectivity index (χ4n) is 3.04. The van der Waals surface area contributed by atoms with E-state index < -0.39 is 0 Å². The van der Waals surface area contributed by atoms with E-state index in [4.69, 9.17) is 11.6 Å². The molecule has 2 N–H and O–H groups in total. The zero-order chi connectivity index (χ0) is 18.7. The van der Waals surface area contributed by atoms with Crippen LogP contribution in [0.15, 0.2) is 28.2 Å². The SMILES string of the molecule is CCC(Sc1nc2c(c(=O)[nH]1)CCCC2)C(=O)Nc1cc(Cl)ccc1C. The summed E-state index contributed by atoms with van der Waals surface area (Å²) >= 11 is 7.32. The van der Waals surface area contributed by atoms with Gasteiger partial charge in [-0.05, 0) is 56.7 Å². The van der Waals surface area contributed by atoms with Crippen LogP contribution in [0.1, 0.15) is 43.0 Å². The van der Waals surface area contributed by atoms with Gasteiger partial charge in [-0.1, -0.05) is 36.4 Å². The number of H-pyrrole nitrogens is 1. The molecule has 138 valence electrons. The third-order valence-corrected chi connectivity index (χ3v) is 6.03. The van der Waals surface area contributed by atoms with E-state index in [9.17, 15) is 9.59 Å². The van der Waals surface area contributed by atoms with Crippen LogP contribution in [0.25, 0.3) is 0 Å². The molecule has 0 radical (unpaired) electrons. The maximum atomic E-state index is 12.7. The molecule has 1 amide bonds. The first-order chi connectivity index (χ1) is 12.5. The summed E-state index contributed by atoms with van der Waals surface area (Å²) in [4.78, 5) is 32.4. The Kier molecular flexibility index (Phi) is 6.04. The second-order valence-electron chi connectivity index (χ2n) is 6.47. The number of aromatic amines is 1. The van der Waals surface area contributed by atoms with Gasteiger partial charge in [-0.3, -0.25) is 9.59 Å². The molecule has 1 aromatic heterocycles. The molecule has 1 unspecified atom stereocenters. The number of rotatable bonds is 5. The largest absolute Gasteiger partial charge is 0.325 e. The number of aryl methyl sites for hydroxylation is 2. The molecule has 0 aliphatic heterocycles. The number of nitrogens with zero attached hydrogens (tertiary/aromatic N) is 1. The van der Waals surface area contributed by atoms with E-state index in [1.54, 1.807) is 12.1 Å². The molecule has 0 saturated heterocycles. The topological polar surface area (TPSA) is 74.8 Å². The van der Waals surface area contributed by atoms with Crippen molar-refractivity contribution >= 4 is 35.0 Å². The number of halogens is 1. The fourth-order valence-corrected chi connectivity index (χ4v) is 4.12. The molecule has 0 fully saturated rings. The van der Waals surface area contributed by atoms with Gasteiger partial charge in [0.1, 0.15) is 0 Å². The van der Waals surface area contributed by atoms with Crippen LogP contribution in [0.5, 0.6) is 0 Å². The number of carbonyl (C=O) groups is 1. The third kappa shape index (κ3) is 4.30. The van der Waals surface area contributed by atoms with Gasteiger partial charge in [0.25, 0.3) is 5.56 Å². The Morgan fingerprint density at radius 1 is 1.38 bits per heavy atom. The first-order valence-corrected chi connectivity index (χ1v) is 10.1. The second-order valence-corrected chi connectivity index (χ2v) is 8.09. The molecule has 0 saturated carbocycles. The number of carbonyl (C=O) groups excluding carboxylic acids is 1. The van der Waals surface area contributed by atoms with Crippen LogP contribution < -0.4 is 10.9 Å². The lowest BCUT2D eigenvalue weighted by Crippen LogP contribution is -2.27. The van der Waals surface area contributed by atoms with Crippen LogP contribution in [0, 0.1) is 6.92 Å². The summed E-state index contributed by atoms with van der Waals surface area (Å²) in [6, 6.07) is 5.40. The van der Waals surface area contributed by atoms with Crippen LogP contribution in [-0.2, 0) is 17.6 Å². The monoisotopic (exact) mass is 391 g/mol. The number of thioether (sulfide) groups is 1. The second kappa shape index (κ2) is 8.27. The molecule has 1 atom stereocenters. The molecular formula is C19H22ClN3O2S. The van der Waals surface area contributed by atoms with Crippen LogP contribution in [-0.4, -0.2) is 21.1 Å². The molecular weight excluding hydrogens is 370 g/mol. The fraction of sp³-hybridized carbons (Fsp3) is 0.421. The lowest BCUT2D eigenvalue weighted by Gasteiger charge is -2.18. The van der Waals surface area contributed by atoms with Crippen molar-refractivity contribution in [2.45, 2.75) is 56.4 Å². The summed E-state index contributed by atoms with van der Waals surface area (Å²) in [5, 5.41) is 3.68. The van der Waals surface area contributed by atoms with E-state index in [0.717, 1.165) is 42.5 Å². The van der Waals surface area contributed by atoms with Crippen molar-refractivity contribution in [2.24, 2.45) is 0 Å². The maximum Gasteiger partial charge on any atom is 0.254 e. The van der Waals surface area contributed by atoms with Gasteiger partial charge in [-0.15, -0.1) is 0 Å². The number of hydrogen-bond donors (Lipinski definition) is 2. The van der Waals surface area contributed by atoms with Crippen molar-refractivity contribution in [1.29, 1.82) is 0 Å². The van der Waals surface area contributed by atoms with Crippen LogP contribution in [0.4, 0.5) is 5.69 Å². The zero-order valence-corrected chi connectivity index (χ0v) is 16.5. The molecule has 0 spiro atoms. The quantitative estimate of drug-likeness (QED) is 0.593. The number of benzene rings is 1. The van der Waals surface area contributed by atoms with Crippen molar-refractivity contribution in [3.63, 3.8) is 0 Å². The van der Waals surface area contributed by atoms with Crippen LogP contribution in [0.3, 0.4) is 0 Å². The van der Waals surface area contributed by atoms with Crippen LogP contribution >= 0.6 is 23.4 Å². The third-order valence-electron chi connectivity index (χ3n) is 4.54. The van der Waals surface area contributed by atoms with E-state index in [0.29, 0.717) is 22.3 Å². The minimum absolute atomic E-state index is 0.0712. The van der Waals surface area contributed by atoms with Gasteiger partial charge in [-0.2, -0.15) is 0 Å². The molecule has 1 aromatic carbocycles. The van der Waals surface area contributed by atoms with E-state index >= 15 is 0 Å². The molecule has 1 aliphatic rings. The lowest BCUT2D eigenvalue weighted by atomic mass is 9.97. The Hall–Kier alpha value is -1.79. The minimum Gasteiger partial charge on any atom is -0.325 e. The summed E-state index contributed by atoms with van der Waals surface area (Å²) < 4.78 is 0. The Morgan fingerprint density at radius 2 is 2.15 bits per heavy atom. The maximum absolute atomic E-state index is 12.7. The summed E-state index contributed by atoms with van der Waals surface area (Å²) in [7, 11) is 0. The minimum atomic E-state index is -0.349. The number of nitrogens with one attached hydrogen (secondary N) is 2. The summed E-state index contributed by atoms with van der Waals surface area (Å²) in [5.41, 5.74) is 3.26. The smallest absolute Gasteiger partial charge is 0.254 e. The van der Waals surface area contributed by atoms with Crippen molar-refractivity contribution in [3.8, 4) is 0 Å². The van der Waals surface area contributed by atoms with E-state index in [2.05, 4.69) is 15.3 Å². The number of fused-ring (bicyclic) bond motifs is 1. The van der Waals surface area contributed by atoms with Crippen LogP contribution in [0.2, 0.25) is 5.02 Å². The highest BCUT2D eigenvalue weighted by Crippen LogP contribution is 2.26. The standard InChI is InChI=1S/C19H22ClN3O2S/c1-3-16(18(25)21-15-10-12(20)9-8-11(15)2)26-19-22-14-7-5-4-6-13(14)17(24)23-19/h8-10,16H,3-7H2,1-2H3,(H,21,25)(H,22,23,24). The number of amides is 1. The average molecular weight is 392 g/mol. The Labute approximate surface area is 162 Å². The van der Waals surface area contributed by atoms with Gasteiger partial charge < -0.3 is 10.3 Å². The number of anilines is 1. The lowest BCUT2D eigenvalue weighted by molar-refractivity contribution is -0.115. The summed E-state index contributed by atoms with van der Waals surface area (Å²) in [6.07, 6.45) is 4.32. The van der Waals surface area contributed by atoms with Crippen molar-refractivity contribution in [3.05, 3.63) is 50.4 Å². The van der Waals surface area contributed by atoms with Gasteiger partial charge >= 0.3 is 0 Å². The molecule has 26 heavy (non-hydrogen) atoms.